The summed E-state index contributed by atoms with van der Waals surface area (Å²) in [5.74, 6) is 0.880. The summed E-state index contributed by atoms with van der Waals surface area (Å²) in [6, 6.07) is 12.7. The molecule has 4 rings (SSSR count). The van der Waals surface area contributed by atoms with Crippen LogP contribution in [0.15, 0.2) is 42.6 Å². The Morgan fingerprint density at radius 1 is 1.14 bits per heavy atom. The summed E-state index contributed by atoms with van der Waals surface area (Å²) in [4.78, 5) is 0. The molecule has 0 amide bonds. The van der Waals surface area contributed by atoms with Gasteiger partial charge in [0.2, 0.25) is 0 Å². The van der Waals surface area contributed by atoms with E-state index in [2.05, 4.69) is 33.8 Å². The molecule has 0 saturated carbocycles. The predicted octanol–water partition coefficient (Wildman–Crippen LogP) is 2.25. The van der Waals surface area contributed by atoms with Gasteiger partial charge >= 0.3 is 0 Å². The van der Waals surface area contributed by atoms with Crippen LogP contribution in [0.2, 0.25) is 0 Å². The molecule has 3 aromatic rings. The van der Waals surface area contributed by atoms with E-state index in [1.165, 1.54) is 0 Å². The molecule has 2 heterocycles. The lowest BCUT2D eigenvalue weighted by Gasteiger charge is -2.26. The minimum absolute atomic E-state index is 0.427. The van der Waals surface area contributed by atoms with E-state index in [0.717, 1.165) is 40.9 Å². The van der Waals surface area contributed by atoms with E-state index in [9.17, 15) is 0 Å². The van der Waals surface area contributed by atoms with E-state index < -0.39 is 0 Å². The molecule has 0 spiro atoms. The topological polar surface area (TPSA) is 52.0 Å². The fraction of sp³-hybridized carbons (Fsp3) is 0.250. The third-order valence-electron chi connectivity index (χ3n) is 4.02. The number of rotatable bonds is 3. The number of hydrogen-bond donors (Lipinski definition) is 1. The van der Waals surface area contributed by atoms with Crippen molar-refractivity contribution in [1.29, 1.82) is 0 Å². The number of nitrogens with zero attached hydrogens (tertiary/aromatic N) is 3. The maximum Gasteiger partial charge on any atom is 0.126 e. The van der Waals surface area contributed by atoms with Gasteiger partial charge in [0.25, 0.3) is 0 Å². The van der Waals surface area contributed by atoms with Gasteiger partial charge in [-0.25, -0.2) is 4.68 Å². The quantitative estimate of drug-likeness (QED) is 0.799. The molecule has 1 N–H and O–H groups in total. The Balaban J connectivity index is 1.84. The van der Waals surface area contributed by atoms with Crippen molar-refractivity contribution >= 4 is 10.8 Å². The van der Waals surface area contributed by atoms with Gasteiger partial charge in [0.15, 0.2) is 0 Å². The summed E-state index contributed by atoms with van der Waals surface area (Å²) in [6.45, 7) is 1.93. The van der Waals surface area contributed by atoms with Gasteiger partial charge in [0, 0.05) is 24.0 Å². The number of methoxy groups -OCH3 is 1. The van der Waals surface area contributed by atoms with Crippen LogP contribution in [0.1, 0.15) is 6.04 Å². The van der Waals surface area contributed by atoms with E-state index in [-0.39, 0.29) is 0 Å². The molecule has 0 unspecified atom stereocenters. The van der Waals surface area contributed by atoms with Crippen LogP contribution < -0.4 is 10.1 Å². The van der Waals surface area contributed by atoms with Crippen LogP contribution in [0.3, 0.4) is 0 Å². The summed E-state index contributed by atoms with van der Waals surface area (Å²) in [7, 11) is 1.70. The molecule has 1 saturated heterocycles. The molecule has 5 nitrogen and oxygen atoms in total. The molecule has 0 radical (unpaired) electrons. The van der Waals surface area contributed by atoms with E-state index in [1.54, 1.807) is 7.11 Å². The van der Waals surface area contributed by atoms with Crippen LogP contribution in [-0.4, -0.2) is 35.2 Å². The maximum atomic E-state index is 5.44. The summed E-state index contributed by atoms with van der Waals surface area (Å²) < 4.78 is 7.39. The zero-order chi connectivity index (χ0) is 14.2. The number of ether oxygens (including phenoxy) is 1. The molecule has 0 aliphatic carbocycles. The molecule has 2 aromatic carbocycles. The Labute approximate surface area is 122 Å². The Bertz CT molecular complexity index is 792. The monoisotopic (exact) mass is 280 g/mol. The fourth-order valence-corrected chi connectivity index (χ4v) is 2.71. The van der Waals surface area contributed by atoms with Gasteiger partial charge in [-0.1, -0.05) is 29.5 Å². The van der Waals surface area contributed by atoms with Crippen LogP contribution >= 0.6 is 0 Å². The first-order valence-corrected chi connectivity index (χ1v) is 7.05. The molecule has 1 fully saturated rings. The van der Waals surface area contributed by atoms with Crippen LogP contribution in [0.25, 0.3) is 22.0 Å². The van der Waals surface area contributed by atoms with Gasteiger partial charge in [-0.2, -0.15) is 0 Å². The van der Waals surface area contributed by atoms with Crippen molar-refractivity contribution in [3.63, 3.8) is 0 Å². The minimum atomic E-state index is 0.427. The Hall–Kier alpha value is -2.40. The number of nitrogens with one attached hydrogen (secondary N) is 1. The first-order chi connectivity index (χ1) is 10.4. The first kappa shape index (κ1) is 12.3. The smallest absolute Gasteiger partial charge is 0.126 e. The Kier molecular flexibility index (Phi) is 2.86. The largest absolute Gasteiger partial charge is 0.496 e. The summed E-state index contributed by atoms with van der Waals surface area (Å²) in [5.41, 5.74) is 1.99. The Morgan fingerprint density at radius 3 is 2.67 bits per heavy atom. The van der Waals surface area contributed by atoms with Gasteiger partial charge in [0.1, 0.15) is 11.4 Å². The summed E-state index contributed by atoms with van der Waals surface area (Å²) in [5, 5.41) is 14.1. The van der Waals surface area contributed by atoms with Gasteiger partial charge in [-0.15, -0.1) is 5.10 Å². The van der Waals surface area contributed by atoms with Crippen LogP contribution in [0, 0.1) is 0 Å². The molecule has 1 aliphatic heterocycles. The SMILES string of the molecule is COc1ccc(-c2cn(C3CNC3)nn2)c2ccccc12. The molecule has 0 bridgehead atoms. The van der Waals surface area contributed by atoms with E-state index in [1.807, 2.05) is 29.1 Å². The molecule has 5 heteroatoms. The molecule has 1 aromatic heterocycles. The van der Waals surface area contributed by atoms with Crippen LogP contribution in [0.5, 0.6) is 5.75 Å². The third kappa shape index (κ3) is 1.97. The van der Waals surface area contributed by atoms with Crippen molar-refractivity contribution in [2.75, 3.05) is 20.2 Å². The van der Waals surface area contributed by atoms with Crippen LogP contribution in [0.4, 0.5) is 0 Å². The maximum absolute atomic E-state index is 5.44. The second-order valence-electron chi connectivity index (χ2n) is 5.26. The van der Waals surface area contributed by atoms with Crippen LogP contribution in [-0.2, 0) is 0 Å². The zero-order valence-electron chi connectivity index (χ0n) is 11.8. The van der Waals surface area contributed by atoms with Gasteiger partial charge in [0.05, 0.1) is 19.3 Å². The first-order valence-electron chi connectivity index (χ1n) is 7.05. The van der Waals surface area contributed by atoms with Gasteiger partial charge < -0.3 is 10.1 Å². The standard InChI is InChI=1S/C16H16N4O/c1-21-16-7-6-13(12-4-2-3-5-14(12)16)15-10-20(19-18-15)11-8-17-9-11/h2-7,10-11,17H,8-9H2,1H3. The van der Waals surface area contributed by atoms with E-state index >= 15 is 0 Å². The third-order valence-corrected chi connectivity index (χ3v) is 4.02. The lowest BCUT2D eigenvalue weighted by Crippen LogP contribution is -2.43. The highest BCUT2D eigenvalue weighted by Gasteiger charge is 2.20. The minimum Gasteiger partial charge on any atom is -0.496 e. The Morgan fingerprint density at radius 2 is 1.95 bits per heavy atom. The number of benzene rings is 2. The van der Waals surface area contributed by atoms with Gasteiger partial charge in [-0.05, 0) is 17.5 Å². The summed E-state index contributed by atoms with van der Waals surface area (Å²) >= 11 is 0. The molecule has 1 aliphatic rings. The average molecular weight is 280 g/mol. The summed E-state index contributed by atoms with van der Waals surface area (Å²) in [6.07, 6.45) is 2.03. The van der Waals surface area contributed by atoms with E-state index in [0.29, 0.717) is 6.04 Å². The lowest BCUT2D eigenvalue weighted by atomic mass is 10.0. The second-order valence-corrected chi connectivity index (χ2v) is 5.26. The fourth-order valence-electron chi connectivity index (χ4n) is 2.71. The van der Waals surface area contributed by atoms with E-state index in [4.69, 9.17) is 4.74 Å². The zero-order valence-corrected chi connectivity index (χ0v) is 11.8. The van der Waals surface area contributed by atoms with Gasteiger partial charge in [-0.3, -0.25) is 0 Å². The molecule has 21 heavy (non-hydrogen) atoms. The van der Waals surface area contributed by atoms with Crippen molar-refractivity contribution in [3.05, 3.63) is 42.6 Å². The average Bonchev–Trinajstić information content (AvgIpc) is 2.93. The van der Waals surface area contributed by atoms with Crippen molar-refractivity contribution in [3.8, 4) is 17.0 Å². The molecular weight excluding hydrogens is 264 g/mol. The highest BCUT2D eigenvalue weighted by atomic mass is 16.5. The predicted molar refractivity (Wildman–Crippen MR) is 81.4 cm³/mol. The number of fused-ring (bicyclic) bond motifs is 1. The molecule has 0 atom stereocenters. The number of aromatic nitrogens is 3. The molecular formula is C16H16N4O. The lowest BCUT2D eigenvalue weighted by molar-refractivity contribution is 0.313. The van der Waals surface area contributed by atoms with Crippen molar-refractivity contribution in [2.45, 2.75) is 6.04 Å². The normalized spacial score (nSPS) is 15.1. The van der Waals surface area contributed by atoms with Crippen molar-refractivity contribution in [2.24, 2.45) is 0 Å². The highest BCUT2D eigenvalue weighted by molar-refractivity contribution is 5.99. The highest BCUT2D eigenvalue weighted by Crippen LogP contribution is 2.33. The number of hydrogen-bond acceptors (Lipinski definition) is 4. The molecule has 106 valence electrons. The van der Waals surface area contributed by atoms with Crippen molar-refractivity contribution < 1.29 is 4.74 Å². The van der Waals surface area contributed by atoms with Crippen molar-refractivity contribution in [1.82, 2.24) is 20.3 Å². The second kappa shape index (κ2) is 4.86.